The van der Waals surface area contributed by atoms with Gasteiger partial charge in [-0.3, -0.25) is 33.6 Å². The molecule has 80 heavy (non-hydrogen) atoms. The van der Waals surface area contributed by atoms with Crippen molar-refractivity contribution in [3.63, 3.8) is 0 Å². The second-order valence-electron chi connectivity index (χ2n) is 18.5. The van der Waals surface area contributed by atoms with Crippen molar-refractivity contribution < 1.29 is 46.6 Å². The van der Waals surface area contributed by atoms with E-state index in [1.807, 2.05) is 144 Å². The van der Waals surface area contributed by atoms with Crippen molar-refractivity contribution in [2.75, 3.05) is 23.2 Å². The number of aliphatic imine (C=N–C) groups is 2. The number of hydrogen-bond acceptors (Lipinski definition) is 12. The highest BCUT2D eigenvalue weighted by Gasteiger charge is 2.38. The van der Waals surface area contributed by atoms with Crippen molar-refractivity contribution in [2.24, 2.45) is 9.98 Å². The van der Waals surface area contributed by atoms with Crippen LogP contribution in [-0.4, -0.2) is 68.3 Å². The summed E-state index contributed by atoms with van der Waals surface area (Å²) < 4.78 is 44.4. The number of hydrogen-bond donors (Lipinski definition) is 2. The molecule has 4 heterocycles. The number of aryl methyl sites for hydroxylation is 2. The largest absolute Gasteiger partial charge is 0.493 e. The summed E-state index contributed by atoms with van der Waals surface area (Å²) in [6.07, 6.45) is 7.19. The number of carbonyl (C=O) groups excluding carboxylic acids is 2. The molecule has 0 unspecified atom stereocenters. The number of aliphatic hydroxyl groups excluding tert-OH is 2. The fourth-order valence-electron chi connectivity index (χ4n) is 9.46. The molecule has 0 fully saturated rings. The van der Waals surface area contributed by atoms with Crippen molar-refractivity contribution in [1.29, 1.82) is 0 Å². The van der Waals surface area contributed by atoms with Gasteiger partial charge in [0.2, 0.25) is 0 Å². The highest BCUT2D eigenvalue weighted by molar-refractivity contribution is 7.85. The Morgan fingerprint density at radius 2 is 0.963 bits per heavy atom. The maximum absolute atomic E-state index is 13.8. The number of nitrogens with zero attached hydrogens (tertiary/aromatic N) is 4. The number of benzene rings is 7. The zero-order chi connectivity index (χ0) is 52.6. The first-order valence-electron chi connectivity index (χ1n) is 24.7. The molecule has 4 aliphatic rings. The van der Waals surface area contributed by atoms with Gasteiger partial charge in [-0.25, -0.2) is 0 Å². The number of ether oxygens (including phenoxy) is 3. The van der Waals surface area contributed by atoms with E-state index in [1.54, 1.807) is 25.3 Å². The van der Waals surface area contributed by atoms with Crippen LogP contribution in [0.2, 0.25) is 0 Å². The van der Waals surface area contributed by atoms with Gasteiger partial charge in [0.25, 0.3) is 21.9 Å². The van der Waals surface area contributed by atoms with E-state index in [-0.39, 0.29) is 87.5 Å². The number of amides is 2. The van der Waals surface area contributed by atoms with E-state index in [1.165, 1.54) is 5.56 Å². The maximum atomic E-state index is 13.8. The predicted octanol–water partition coefficient (Wildman–Crippen LogP) is 13.3. The van der Waals surface area contributed by atoms with Crippen LogP contribution >= 0.6 is 0 Å². The standard InChI is InChI=1S/C42H34N4O5.C10H14O3S.C8H10O2.5CH4/c1-25-14-32-34(43-21-30-16-28-10-3-5-12-36(28)45(30)41(32)47)19-38(25)50-23-26-8-7-9-27(15-26)24-51-40-20-35-33(18-39(40)49-2)42(48)46-31(22-44-35)17-29-11-4-6-13-37(29)46;1-3-9-5-4-6-10(7-9)8-13-14(2,11)12;9-5-7-2-1-3-8(4-7)6-10;;;;;/h3-15,18-22,30-31H,16-17,23-24H2,1-2H3;4-7H,3,8H2,1-2H3;1-4,9-10H,5-6H2;5*1H4/t30-,31-;;;;;;;/m0......./s1. The minimum Gasteiger partial charge on any atom is -0.493 e. The third kappa shape index (κ3) is 14.8. The monoisotopic (exact) mass is 1110 g/mol. The quantitative estimate of drug-likeness (QED) is 0.106. The first kappa shape index (κ1) is 64.6. The average Bonchev–Trinajstić information content (AvgIpc) is 4.16. The molecule has 424 valence electrons. The van der Waals surface area contributed by atoms with Gasteiger partial charge in [-0.05, 0) is 93.7 Å². The van der Waals surface area contributed by atoms with Crippen LogP contribution in [-0.2, 0) is 66.6 Å². The van der Waals surface area contributed by atoms with Crippen LogP contribution in [0.4, 0.5) is 22.7 Å². The van der Waals surface area contributed by atoms with Gasteiger partial charge in [0, 0.05) is 48.8 Å². The van der Waals surface area contributed by atoms with Crippen LogP contribution in [0.15, 0.2) is 156 Å². The Bertz CT molecular complexity index is 3410. The molecule has 0 saturated carbocycles. The summed E-state index contributed by atoms with van der Waals surface area (Å²) in [5, 5.41) is 17.4. The molecule has 7 aromatic carbocycles. The van der Waals surface area contributed by atoms with E-state index >= 15 is 0 Å². The predicted molar refractivity (Wildman–Crippen MR) is 324 cm³/mol. The van der Waals surface area contributed by atoms with E-state index in [9.17, 15) is 18.0 Å². The smallest absolute Gasteiger partial charge is 0.264 e. The van der Waals surface area contributed by atoms with Gasteiger partial charge >= 0.3 is 0 Å². The number of methoxy groups -OCH3 is 1. The number of carbonyl (C=O) groups is 2. The Labute approximate surface area is 474 Å². The molecule has 0 radical (unpaired) electrons. The molecule has 7 aromatic rings. The van der Waals surface area contributed by atoms with Gasteiger partial charge < -0.3 is 24.4 Å². The Hall–Kier alpha value is -7.95. The summed E-state index contributed by atoms with van der Waals surface area (Å²) in [6, 6.07) is 46.0. The van der Waals surface area contributed by atoms with Crippen LogP contribution < -0.4 is 24.0 Å². The van der Waals surface area contributed by atoms with Gasteiger partial charge in [0.1, 0.15) is 19.0 Å². The molecular formula is C65H78N4O10S. The second-order valence-corrected chi connectivity index (χ2v) is 20.2. The molecule has 0 aromatic heterocycles. The van der Waals surface area contributed by atoms with E-state index in [4.69, 9.17) is 34.4 Å². The average molecular weight is 1110 g/mol. The molecule has 11 rings (SSSR count). The lowest BCUT2D eigenvalue weighted by molar-refractivity contribution is 0.0979. The van der Waals surface area contributed by atoms with Gasteiger partial charge in [0.05, 0.1) is 67.8 Å². The summed E-state index contributed by atoms with van der Waals surface area (Å²) in [6.45, 7) is 4.79. The maximum Gasteiger partial charge on any atom is 0.264 e. The Balaban J connectivity index is 0.000000397. The molecule has 14 nitrogen and oxygen atoms in total. The van der Waals surface area contributed by atoms with Crippen LogP contribution in [0, 0.1) is 6.92 Å². The highest BCUT2D eigenvalue weighted by Crippen LogP contribution is 2.42. The normalized spacial score (nSPS) is 14.6. The molecule has 0 spiro atoms. The second kappa shape index (κ2) is 28.8. The molecule has 0 aliphatic carbocycles. The number of rotatable bonds is 13. The molecule has 2 atom stereocenters. The van der Waals surface area contributed by atoms with Crippen molar-refractivity contribution in [3.8, 4) is 17.2 Å². The van der Waals surface area contributed by atoms with Gasteiger partial charge in [0.15, 0.2) is 11.5 Å². The zero-order valence-electron chi connectivity index (χ0n) is 42.2. The lowest BCUT2D eigenvalue weighted by Gasteiger charge is -2.22. The van der Waals surface area contributed by atoms with Gasteiger partial charge in [-0.15, -0.1) is 0 Å². The number of para-hydroxylation sites is 2. The Morgan fingerprint density at radius 3 is 1.45 bits per heavy atom. The molecule has 15 heteroatoms. The molecule has 4 aliphatic heterocycles. The van der Waals surface area contributed by atoms with E-state index in [2.05, 4.69) is 23.2 Å². The fourth-order valence-corrected chi connectivity index (χ4v) is 9.81. The third-order valence-electron chi connectivity index (χ3n) is 13.2. The first-order chi connectivity index (χ1) is 36.3. The number of fused-ring (bicyclic) bond motifs is 8. The van der Waals surface area contributed by atoms with Crippen LogP contribution in [0.5, 0.6) is 17.2 Å². The molecular weight excluding hydrogens is 1030 g/mol. The third-order valence-corrected chi connectivity index (χ3v) is 13.8. The van der Waals surface area contributed by atoms with Crippen LogP contribution in [0.3, 0.4) is 0 Å². The lowest BCUT2D eigenvalue weighted by atomic mass is 10.1. The van der Waals surface area contributed by atoms with Crippen molar-refractivity contribution in [3.05, 3.63) is 207 Å². The minimum atomic E-state index is -3.34. The van der Waals surface area contributed by atoms with Crippen LogP contribution in [0.25, 0.3) is 0 Å². The zero-order valence-corrected chi connectivity index (χ0v) is 43.0. The SMILES string of the molecule is C.C.C.C.C.CCc1cccc(COS(C)(=O)=O)c1.COc1cc2c(cc1OCc1cccc(COc3cc4c(cc3C)C(=O)N3c5ccccc5C[C@H]3C=N4)c1)N=C[C@@H]1Cc3ccccc3N1C2=O.OCc1cccc(CO)c1. The molecule has 0 saturated heterocycles. The summed E-state index contributed by atoms with van der Waals surface area (Å²) in [7, 11) is -1.77. The first-order valence-corrected chi connectivity index (χ1v) is 26.5. The molecule has 2 N–H and O–H groups in total. The van der Waals surface area contributed by atoms with Crippen molar-refractivity contribution in [2.45, 2.75) is 115 Å². The number of anilines is 2. The molecule has 2 amide bonds. The van der Waals surface area contributed by atoms with Gasteiger partial charge in [-0.2, -0.15) is 8.42 Å². The van der Waals surface area contributed by atoms with Gasteiger partial charge in [-0.1, -0.05) is 147 Å². The van der Waals surface area contributed by atoms with Crippen molar-refractivity contribution >= 4 is 57.1 Å². The highest BCUT2D eigenvalue weighted by atomic mass is 32.2. The van der Waals surface area contributed by atoms with Crippen molar-refractivity contribution in [1.82, 2.24) is 0 Å². The Kier molecular flexibility index (Phi) is 23.2. The van der Waals surface area contributed by atoms with E-state index in [0.717, 1.165) is 81.4 Å². The number of aliphatic hydroxyl groups is 2. The lowest BCUT2D eigenvalue weighted by Crippen LogP contribution is -2.37. The fraction of sp³-hybridized carbons (Fsp3) is 0.292. The summed E-state index contributed by atoms with van der Waals surface area (Å²) in [5.41, 5.74) is 12.9. The topological polar surface area (TPSA) is 177 Å². The van der Waals surface area contributed by atoms with E-state index < -0.39 is 10.1 Å². The minimum absolute atomic E-state index is 0. The summed E-state index contributed by atoms with van der Waals surface area (Å²) in [4.78, 5) is 40.6. The summed E-state index contributed by atoms with van der Waals surface area (Å²) in [5.74, 6) is 1.49. The Morgan fingerprint density at radius 1 is 0.537 bits per heavy atom. The van der Waals surface area contributed by atoms with E-state index in [0.29, 0.717) is 46.4 Å². The summed E-state index contributed by atoms with van der Waals surface area (Å²) >= 11 is 0. The van der Waals surface area contributed by atoms with Crippen LogP contribution in [0.1, 0.15) is 115 Å². The molecule has 0 bridgehead atoms.